The van der Waals surface area contributed by atoms with Gasteiger partial charge in [0.15, 0.2) is 0 Å². The van der Waals surface area contributed by atoms with Gasteiger partial charge in [0, 0.05) is 6.20 Å². The molecule has 1 heteroatoms. The average molecular weight is 187 g/mol. The molecule has 1 rings (SSSR count). The lowest BCUT2D eigenvalue weighted by Crippen LogP contribution is -1.92. The Balaban J connectivity index is 2.72. The molecule has 0 amide bonds. The Morgan fingerprint density at radius 3 is 2.79 bits per heavy atom. The summed E-state index contributed by atoms with van der Waals surface area (Å²) in [5.74, 6) is 0. The van der Waals surface area contributed by atoms with E-state index in [4.69, 9.17) is 5.73 Å². The Bertz CT molecular complexity index is 314. The first-order valence-corrected chi connectivity index (χ1v) is 4.97. The van der Waals surface area contributed by atoms with Crippen LogP contribution in [0.5, 0.6) is 0 Å². The molecule has 0 aliphatic heterocycles. The minimum atomic E-state index is 1.08. The molecule has 0 fully saturated rings. The van der Waals surface area contributed by atoms with E-state index in [0.717, 1.165) is 18.4 Å². The maximum atomic E-state index is 5.57. The normalized spacial score (nSPS) is 18.1. The minimum Gasteiger partial charge on any atom is -0.404 e. The zero-order chi connectivity index (χ0) is 10.2. The summed E-state index contributed by atoms with van der Waals surface area (Å²) in [5, 5.41) is 0. The van der Waals surface area contributed by atoms with Gasteiger partial charge < -0.3 is 5.73 Å². The van der Waals surface area contributed by atoms with Gasteiger partial charge in [0.25, 0.3) is 0 Å². The molecular formula is C13H17N. The van der Waals surface area contributed by atoms with E-state index in [1.807, 2.05) is 31.2 Å². The summed E-state index contributed by atoms with van der Waals surface area (Å²) in [5.41, 5.74) is 7.88. The van der Waals surface area contributed by atoms with Crippen LogP contribution in [0.1, 0.15) is 19.8 Å². The number of rotatable bonds is 3. The first-order valence-electron chi connectivity index (χ1n) is 4.97. The van der Waals surface area contributed by atoms with Crippen LogP contribution in [0.15, 0.2) is 59.9 Å². The van der Waals surface area contributed by atoms with Gasteiger partial charge in [0.1, 0.15) is 0 Å². The van der Waals surface area contributed by atoms with Crippen molar-refractivity contribution in [1.29, 1.82) is 0 Å². The van der Waals surface area contributed by atoms with Crippen LogP contribution < -0.4 is 5.73 Å². The van der Waals surface area contributed by atoms with Crippen LogP contribution >= 0.6 is 0 Å². The lowest BCUT2D eigenvalue weighted by Gasteiger charge is -2.06. The van der Waals surface area contributed by atoms with Crippen molar-refractivity contribution in [2.45, 2.75) is 19.8 Å². The number of allylic oxidation sites excluding steroid dienone is 9. The van der Waals surface area contributed by atoms with Gasteiger partial charge in [-0.3, -0.25) is 0 Å². The summed E-state index contributed by atoms with van der Waals surface area (Å²) < 4.78 is 0. The monoisotopic (exact) mass is 187 g/mol. The summed E-state index contributed by atoms with van der Waals surface area (Å²) in [4.78, 5) is 0. The molecule has 0 atom stereocenters. The van der Waals surface area contributed by atoms with Crippen molar-refractivity contribution in [2.75, 3.05) is 0 Å². The van der Waals surface area contributed by atoms with Gasteiger partial charge in [-0.1, -0.05) is 42.5 Å². The minimum absolute atomic E-state index is 1.08. The third-order valence-corrected chi connectivity index (χ3v) is 2.09. The third-order valence-electron chi connectivity index (χ3n) is 2.09. The van der Waals surface area contributed by atoms with Crippen LogP contribution in [0.4, 0.5) is 0 Å². The first kappa shape index (κ1) is 10.6. The summed E-state index contributed by atoms with van der Waals surface area (Å²) in [6.07, 6.45) is 18.5. The predicted octanol–water partition coefficient (Wildman–Crippen LogP) is 3.24. The van der Waals surface area contributed by atoms with Crippen molar-refractivity contribution >= 4 is 0 Å². The van der Waals surface area contributed by atoms with Gasteiger partial charge in [-0.15, -0.1) is 0 Å². The highest BCUT2D eigenvalue weighted by atomic mass is 14.5. The van der Waals surface area contributed by atoms with Crippen molar-refractivity contribution in [1.82, 2.24) is 0 Å². The number of hydrogen-bond donors (Lipinski definition) is 1. The van der Waals surface area contributed by atoms with Crippen molar-refractivity contribution in [3.63, 3.8) is 0 Å². The van der Waals surface area contributed by atoms with Crippen LogP contribution in [0, 0.1) is 0 Å². The Morgan fingerprint density at radius 1 is 1.36 bits per heavy atom. The third kappa shape index (κ3) is 3.09. The standard InChI is InChI=1S/C13H17N/c1-2-3-5-10-13(11-14)12-8-6-4-7-9-12/h2-3,5-6,8-11H,4,7,14H2,1H3/b3-2+,10-5-,13-11+. The highest BCUT2D eigenvalue weighted by Crippen LogP contribution is 2.18. The lowest BCUT2D eigenvalue weighted by atomic mass is 10.00. The van der Waals surface area contributed by atoms with E-state index >= 15 is 0 Å². The van der Waals surface area contributed by atoms with Crippen LogP contribution in [-0.4, -0.2) is 0 Å². The van der Waals surface area contributed by atoms with Crippen LogP contribution in [0.3, 0.4) is 0 Å². The zero-order valence-electron chi connectivity index (χ0n) is 8.61. The maximum Gasteiger partial charge on any atom is 0.00174 e. The molecule has 74 valence electrons. The smallest absolute Gasteiger partial charge is 0.00174 e. The fourth-order valence-electron chi connectivity index (χ4n) is 1.35. The SMILES string of the molecule is C/C=C/C=C\C(=C/N)C1=CCCC=C1. The van der Waals surface area contributed by atoms with Gasteiger partial charge in [-0.25, -0.2) is 0 Å². The second-order valence-electron chi connectivity index (χ2n) is 3.15. The second kappa shape index (κ2) is 6.03. The quantitative estimate of drug-likeness (QED) is 0.674. The zero-order valence-corrected chi connectivity index (χ0v) is 8.61. The molecule has 1 nitrogen and oxygen atoms in total. The molecule has 0 radical (unpaired) electrons. The molecule has 0 heterocycles. The lowest BCUT2D eigenvalue weighted by molar-refractivity contribution is 1.02. The molecular weight excluding hydrogens is 170 g/mol. The molecule has 1 aliphatic carbocycles. The highest BCUT2D eigenvalue weighted by Gasteiger charge is 1.99. The van der Waals surface area contributed by atoms with E-state index in [1.165, 1.54) is 5.57 Å². The van der Waals surface area contributed by atoms with E-state index in [-0.39, 0.29) is 0 Å². The highest BCUT2D eigenvalue weighted by molar-refractivity contribution is 5.47. The molecule has 14 heavy (non-hydrogen) atoms. The van der Waals surface area contributed by atoms with Crippen molar-refractivity contribution in [3.05, 3.63) is 59.9 Å². The Labute approximate surface area is 86.0 Å². The molecule has 0 saturated carbocycles. The van der Waals surface area contributed by atoms with Gasteiger partial charge in [0.05, 0.1) is 0 Å². The van der Waals surface area contributed by atoms with Crippen LogP contribution in [0.2, 0.25) is 0 Å². The predicted molar refractivity (Wildman–Crippen MR) is 62.7 cm³/mol. The number of hydrogen-bond acceptors (Lipinski definition) is 1. The van der Waals surface area contributed by atoms with E-state index in [1.54, 1.807) is 6.20 Å². The van der Waals surface area contributed by atoms with E-state index in [2.05, 4.69) is 18.2 Å². The summed E-state index contributed by atoms with van der Waals surface area (Å²) in [7, 11) is 0. The molecule has 0 unspecified atom stereocenters. The summed E-state index contributed by atoms with van der Waals surface area (Å²) in [6, 6.07) is 0. The summed E-state index contributed by atoms with van der Waals surface area (Å²) >= 11 is 0. The van der Waals surface area contributed by atoms with Gasteiger partial charge >= 0.3 is 0 Å². The fraction of sp³-hybridized carbons (Fsp3) is 0.231. The molecule has 0 aromatic heterocycles. The molecule has 0 spiro atoms. The van der Waals surface area contributed by atoms with E-state index < -0.39 is 0 Å². The maximum absolute atomic E-state index is 5.57. The topological polar surface area (TPSA) is 26.0 Å². The van der Waals surface area contributed by atoms with Crippen LogP contribution in [0.25, 0.3) is 0 Å². The Kier molecular flexibility index (Phi) is 4.56. The number of nitrogens with two attached hydrogens (primary N) is 1. The molecule has 0 aromatic rings. The van der Waals surface area contributed by atoms with Gasteiger partial charge in [-0.2, -0.15) is 0 Å². The van der Waals surface area contributed by atoms with E-state index in [0.29, 0.717) is 0 Å². The van der Waals surface area contributed by atoms with Crippen LogP contribution in [-0.2, 0) is 0 Å². The molecule has 0 saturated heterocycles. The first-order chi connectivity index (χ1) is 6.88. The molecule has 1 aliphatic rings. The van der Waals surface area contributed by atoms with Crippen molar-refractivity contribution in [2.24, 2.45) is 5.73 Å². The van der Waals surface area contributed by atoms with Crippen molar-refractivity contribution < 1.29 is 0 Å². The Hall–Kier alpha value is -1.50. The Morgan fingerprint density at radius 2 is 2.21 bits per heavy atom. The molecule has 2 N–H and O–H groups in total. The average Bonchev–Trinajstić information content (AvgIpc) is 2.26. The van der Waals surface area contributed by atoms with Crippen molar-refractivity contribution in [3.8, 4) is 0 Å². The summed E-state index contributed by atoms with van der Waals surface area (Å²) in [6.45, 7) is 2.00. The fourth-order valence-corrected chi connectivity index (χ4v) is 1.35. The van der Waals surface area contributed by atoms with Gasteiger partial charge in [-0.05, 0) is 30.9 Å². The second-order valence-corrected chi connectivity index (χ2v) is 3.15. The van der Waals surface area contributed by atoms with E-state index in [9.17, 15) is 0 Å². The molecule has 0 bridgehead atoms. The largest absolute Gasteiger partial charge is 0.404 e. The molecule has 0 aromatic carbocycles. The van der Waals surface area contributed by atoms with Gasteiger partial charge in [0.2, 0.25) is 0 Å².